The third kappa shape index (κ3) is 2.48. The number of hydrogen-bond acceptors (Lipinski definition) is 2. The maximum Gasteiger partial charge on any atom is 0.167 e. The Labute approximate surface area is 82.3 Å². The Morgan fingerprint density at radius 2 is 2.15 bits per heavy atom. The molecule has 1 aromatic rings. The molecule has 0 fully saturated rings. The van der Waals surface area contributed by atoms with Gasteiger partial charge >= 0.3 is 0 Å². The molecule has 0 amide bonds. The minimum atomic E-state index is -0.941. The molecule has 0 heterocycles. The van der Waals surface area contributed by atoms with Crippen molar-refractivity contribution in [3.63, 3.8) is 0 Å². The number of halogens is 3. The molecule has 0 aliphatic carbocycles. The number of hydrogen-bond donors (Lipinski definition) is 0. The van der Waals surface area contributed by atoms with E-state index in [-0.39, 0.29) is 5.56 Å². The Morgan fingerprint density at radius 1 is 1.46 bits per heavy atom. The van der Waals surface area contributed by atoms with E-state index in [4.69, 9.17) is 0 Å². The van der Waals surface area contributed by atoms with Crippen LogP contribution >= 0.6 is 15.9 Å². The largest absolute Gasteiger partial charge is 0.399 e. The summed E-state index contributed by atoms with van der Waals surface area (Å²) < 4.78 is 26.2. The fraction of sp³-hybridized carbons (Fsp3) is 0.125. The van der Waals surface area contributed by atoms with Gasteiger partial charge in [-0.15, -0.1) is 0 Å². The lowest BCUT2D eigenvalue weighted by Crippen LogP contribution is -1.93. The second-order valence-electron chi connectivity index (χ2n) is 2.21. The summed E-state index contributed by atoms with van der Waals surface area (Å²) in [5.74, 6) is -1.86. The van der Waals surface area contributed by atoms with Gasteiger partial charge in [-0.1, -0.05) is 21.1 Å². The van der Waals surface area contributed by atoms with Crippen molar-refractivity contribution in [2.45, 2.75) is 0 Å². The second-order valence-corrected chi connectivity index (χ2v) is 3.12. The van der Waals surface area contributed by atoms with E-state index in [1.54, 1.807) is 0 Å². The van der Waals surface area contributed by atoms with E-state index in [1.165, 1.54) is 13.2 Å². The summed E-state index contributed by atoms with van der Waals surface area (Å²) in [7, 11) is 1.32. The predicted molar refractivity (Wildman–Crippen MR) is 48.7 cm³/mol. The van der Waals surface area contributed by atoms with E-state index < -0.39 is 11.6 Å². The molecule has 0 radical (unpaired) electrons. The van der Waals surface area contributed by atoms with Crippen LogP contribution in [0.3, 0.4) is 0 Å². The lowest BCUT2D eigenvalue weighted by Gasteiger charge is -1.98. The first-order valence-corrected chi connectivity index (χ1v) is 4.15. The van der Waals surface area contributed by atoms with E-state index in [9.17, 15) is 8.78 Å². The Kier molecular flexibility index (Phi) is 3.36. The third-order valence-electron chi connectivity index (χ3n) is 1.32. The summed E-state index contributed by atoms with van der Waals surface area (Å²) in [6.45, 7) is 0. The SMILES string of the molecule is CON=Cc1cc(Br)cc(F)c1F. The highest BCUT2D eigenvalue weighted by molar-refractivity contribution is 9.10. The zero-order valence-electron chi connectivity index (χ0n) is 6.72. The first-order chi connectivity index (χ1) is 6.15. The molecule has 5 heteroatoms. The molecule has 0 N–H and O–H groups in total. The van der Waals surface area contributed by atoms with Crippen molar-refractivity contribution in [1.82, 2.24) is 0 Å². The second kappa shape index (κ2) is 4.32. The van der Waals surface area contributed by atoms with Gasteiger partial charge in [-0.25, -0.2) is 8.78 Å². The van der Waals surface area contributed by atoms with Gasteiger partial charge in [0.1, 0.15) is 7.11 Å². The van der Waals surface area contributed by atoms with Crippen molar-refractivity contribution in [2.24, 2.45) is 5.16 Å². The van der Waals surface area contributed by atoms with Crippen molar-refractivity contribution in [1.29, 1.82) is 0 Å². The van der Waals surface area contributed by atoms with Crippen LogP contribution in [0.1, 0.15) is 5.56 Å². The van der Waals surface area contributed by atoms with Gasteiger partial charge < -0.3 is 4.84 Å². The molecule has 2 nitrogen and oxygen atoms in total. The van der Waals surface area contributed by atoms with E-state index in [2.05, 4.69) is 25.9 Å². The molecule has 0 saturated heterocycles. The maximum absolute atomic E-state index is 13.0. The molecule has 13 heavy (non-hydrogen) atoms. The first kappa shape index (κ1) is 10.1. The molecular weight excluding hydrogens is 244 g/mol. The van der Waals surface area contributed by atoms with E-state index in [1.807, 2.05) is 0 Å². The number of benzene rings is 1. The van der Waals surface area contributed by atoms with Crippen LogP contribution in [0, 0.1) is 11.6 Å². The zero-order chi connectivity index (χ0) is 9.84. The molecule has 0 spiro atoms. The van der Waals surface area contributed by atoms with Crippen LogP contribution in [0.4, 0.5) is 8.78 Å². The molecule has 0 atom stereocenters. The molecule has 0 aromatic heterocycles. The Balaban J connectivity index is 3.12. The lowest BCUT2D eigenvalue weighted by molar-refractivity contribution is 0.215. The summed E-state index contributed by atoms with van der Waals surface area (Å²) in [6.07, 6.45) is 1.10. The van der Waals surface area contributed by atoms with Crippen LogP contribution in [-0.4, -0.2) is 13.3 Å². The number of nitrogens with zero attached hydrogens (tertiary/aromatic N) is 1. The first-order valence-electron chi connectivity index (χ1n) is 3.36. The van der Waals surface area contributed by atoms with Crippen molar-refractivity contribution in [3.8, 4) is 0 Å². The van der Waals surface area contributed by atoms with Crippen molar-refractivity contribution < 1.29 is 13.6 Å². The summed E-state index contributed by atoms with van der Waals surface area (Å²) in [5.41, 5.74) is 0.0359. The van der Waals surface area contributed by atoms with Crippen LogP contribution in [-0.2, 0) is 4.84 Å². The van der Waals surface area contributed by atoms with Crippen LogP contribution in [0.2, 0.25) is 0 Å². The van der Waals surface area contributed by atoms with Crippen LogP contribution in [0.25, 0.3) is 0 Å². The summed E-state index contributed by atoms with van der Waals surface area (Å²) in [6, 6.07) is 2.44. The topological polar surface area (TPSA) is 21.6 Å². The predicted octanol–water partition coefficient (Wildman–Crippen LogP) is 2.71. The van der Waals surface area contributed by atoms with Gasteiger partial charge in [0, 0.05) is 10.0 Å². The fourth-order valence-corrected chi connectivity index (χ4v) is 1.23. The van der Waals surface area contributed by atoms with Gasteiger partial charge in [0.15, 0.2) is 11.6 Å². The zero-order valence-corrected chi connectivity index (χ0v) is 8.31. The van der Waals surface area contributed by atoms with E-state index in [0.717, 1.165) is 12.3 Å². The van der Waals surface area contributed by atoms with Gasteiger partial charge in [-0.3, -0.25) is 0 Å². The quantitative estimate of drug-likeness (QED) is 0.449. The molecule has 0 aliphatic rings. The molecule has 1 aromatic carbocycles. The van der Waals surface area contributed by atoms with Gasteiger partial charge in [0.05, 0.1) is 6.21 Å². The summed E-state index contributed by atoms with van der Waals surface area (Å²) in [4.78, 5) is 4.35. The van der Waals surface area contributed by atoms with E-state index in [0.29, 0.717) is 4.47 Å². The summed E-state index contributed by atoms with van der Waals surface area (Å²) in [5, 5.41) is 3.33. The summed E-state index contributed by atoms with van der Waals surface area (Å²) >= 11 is 3.03. The molecule has 0 unspecified atom stereocenters. The molecule has 0 aliphatic heterocycles. The van der Waals surface area contributed by atoms with Gasteiger partial charge in [0.25, 0.3) is 0 Å². The van der Waals surface area contributed by atoms with Gasteiger partial charge in [0.2, 0.25) is 0 Å². The average molecular weight is 250 g/mol. The van der Waals surface area contributed by atoms with Crippen molar-refractivity contribution in [3.05, 3.63) is 33.8 Å². The monoisotopic (exact) mass is 249 g/mol. The smallest absolute Gasteiger partial charge is 0.167 e. The highest BCUT2D eigenvalue weighted by atomic mass is 79.9. The van der Waals surface area contributed by atoms with Crippen molar-refractivity contribution >= 4 is 22.1 Å². The Bertz CT molecular complexity index is 341. The van der Waals surface area contributed by atoms with Gasteiger partial charge in [-0.2, -0.15) is 0 Å². The molecule has 1 rings (SSSR count). The highest BCUT2D eigenvalue weighted by Crippen LogP contribution is 2.17. The molecule has 70 valence electrons. The minimum absolute atomic E-state index is 0.0359. The highest BCUT2D eigenvalue weighted by Gasteiger charge is 2.07. The average Bonchev–Trinajstić information content (AvgIpc) is 2.09. The standard InChI is InChI=1S/C8H6BrF2NO/c1-13-12-4-5-2-6(9)3-7(10)8(5)11/h2-4H,1H3. The number of oxime groups is 1. The van der Waals surface area contributed by atoms with Gasteiger partial charge in [-0.05, 0) is 12.1 Å². The number of rotatable bonds is 2. The normalized spacial score (nSPS) is 10.8. The Hall–Kier alpha value is -0.970. The maximum atomic E-state index is 13.0. The van der Waals surface area contributed by atoms with Crippen LogP contribution in [0.5, 0.6) is 0 Å². The lowest BCUT2D eigenvalue weighted by atomic mass is 10.2. The van der Waals surface area contributed by atoms with Crippen LogP contribution < -0.4 is 0 Å². The fourth-order valence-electron chi connectivity index (χ4n) is 0.779. The molecule has 0 bridgehead atoms. The van der Waals surface area contributed by atoms with Crippen molar-refractivity contribution in [2.75, 3.05) is 7.11 Å². The minimum Gasteiger partial charge on any atom is -0.399 e. The molecule has 0 saturated carbocycles. The molecular formula is C8H6BrF2NO. The van der Waals surface area contributed by atoms with Crippen LogP contribution in [0.15, 0.2) is 21.8 Å². The van der Waals surface area contributed by atoms with E-state index >= 15 is 0 Å². The third-order valence-corrected chi connectivity index (χ3v) is 1.78. The Morgan fingerprint density at radius 3 is 2.77 bits per heavy atom.